The number of hydrogen-bond donors (Lipinski definition) is 3. The summed E-state index contributed by atoms with van der Waals surface area (Å²) >= 11 is 0. The third kappa shape index (κ3) is 5.69. The highest BCUT2D eigenvalue weighted by Gasteiger charge is 2.10. The van der Waals surface area contributed by atoms with Crippen molar-refractivity contribution in [3.63, 3.8) is 0 Å². The fraction of sp³-hybridized carbons (Fsp3) is 0.667. The van der Waals surface area contributed by atoms with E-state index in [9.17, 15) is 4.79 Å². The number of nitrogens with two attached hydrogens (primary N) is 1. The van der Waals surface area contributed by atoms with Crippen molar-refractivity contribution in [2.45, 2.75) is 13.0 Å². The first-order chi connectivity index (χ1) is 6.61. The van der Waals surface area contributed by atoms with E-state index in [0.717, 1.165) is 0 Å². The van der Waals surface area contributed by atoms with Crippen LogP contribution in [0, 0.1) is 0 Å². The maximum atomic E-state index is 11.0. The van der Waals surface area contributed by atoms with Gasteiger partial charge in [-0.05, 0) is 6.92 Å². The van der Waals surface area contributed by atoms with Crippen LogP contribution in [0.3, 0.4) is 0 Å². The van der Waals surface area contributed by atoms with Gasteiger partial charge in [-0.2, -0.15) is 0 Å². The minimum absolute atomic E-state index is 0.0938. The molecule has 82 valence electrons. The number of aliphatic hydroxyl groups excluding tert-OH is 1. The molecule has 0 rings (SSSR count). The van der Waals surface area contributed by atoms with Gasteiger partial charge in [0, 0.05) is 18.7 Å². The molecule has 1 atom stereocenters. The third-order valence-electron chi connectivity index (χ3n) is 1.56. The average molecular weight is 202 g/mol. The Hall–Kier alpha value is -0.910. The van der Waals surface area contributed by atoms with Crippen molar-refractivity contribution in [3.8, 4) is 0 Å². The van der Waals surface area contributed by atoms with E-state index >= 15 is 0 Å². The molecule has 0 bridgehead atoms. The topological polar surface area (TPSA) is 84.6 Å². The summed E-state index contributed by atoms with van der Waals surface area (Å²) in [5.41, 5.74) is 5.62. The van der Waals surface area contributed by atoms with Crippen LogP contribution in [-0.4, -0.2) is 43.4 Å². The zero-order valence-corrected chi connectivity index (χ0v) is 8.45. The van der Waals surface area contributed by atoms with E-state index in [1.165, 1.54) is 0 Å². The highest BCUT2D eigenvalue weighted by atomic mass is 16.5. The first-order valence-electron chi connectivity index (χ1n) is 4.48. The monoisotopic (exact) mass is 202 g/mol. The van der Waals surface area contributed by atoms with Gasteiger partial charge in [0.25, 0.3) is 0 Å². The molecule has 0 saturated heterocycles. The Morgan fingerprint density at radius 2 is 2.36 bits per heavy atom. The Morgan fingerprint density at radius 3 is 2.79 bits per heavy atom. The van der Waals surface area contributed by atoms with Gasteiger partial charge < -0.3 is 20.9 Å². The molecule has 0 aromatic carbocycles. The quantitative estimate of drug-likeness (QED) is 0.365. The summed E-state index contributed by atoms with van der Waals surface area (Å²) in [6, 6.07) is -0.262. The SMILES string of the molecule is C=C(C)C(=O)OCC(CO)NCCN. The van der Waals surface area contributed by atoms with Gasteiger partial charge in [-0.3, -0.25) is 0 Å². The summed E-state index contributed by atoms with van der Waals surface area (Å²) in [4.78, 5) is 11.0. The number of esters is 1. The van der Waals surface area contributed by atoms with E-state index in [2.05, 4.69) is 11.9 Å². The summed E-state index contributed by atoms with van der Waals surface area (Å²) in [6.45, 7) is 6.11. The molecule has 0 aromatic rings. The van der Waals surface area contributed by atoms with Gasteiger partial charge >= 0.3 is 5.97 Å². The molecule has 0 fully saturated rings. The van der Waals surface area contributed by atoms with E-state index in [-0.39, 0.29) is 19.3 Å². The van der Waals surface area contributed by atoms with Crippen LogP contribution in [0.5, 0.6) is 0 Å². The third-order valence-corrected chi connectivity index (χ3v) is 1.56. The second kappa shape index (κ2) is 7.49. The Morgan fingerprint density at radius 1 is 1.71 bits per heavy atom. The second-order valence-corrected chi connectivity index (χ2v) is 3.00. The Labute approximate surface area is 83.9 Å². The number of rotatable bonds is 7. The molecule has 0 aliphatic heterocycles. The van der Waals surface area contributed by atoms with Crippen LogP contribution in [0.4, 0.5) is 0 Å². The largest absolute Gasteiger partial charge is 0.461 e. The van der Waals surface area contributed by atoms with Crippen molar-refractivity contribution in [3.05, 3.63) is 12.2 Å². The molecular weight excluding hydrogens is 184 g/mol. The van der Waals surface area contributed by atoms with Crippen molar-refractivity contribution in [2.24, 2.45) is 5.73 Å². The Bertz CT molecular complexity index is 194. The van der Waals surface area contributed by atoms with Crippen molar-refractivity contribution in [1.29, 1.82) is 0 Å². The van der Waals surface area contributed by atoms with Crippen LogP contribution in [0.1, 0.15) is 6.92 Å². The van der Waals surface area contributed by atoms with Gasteiger partial charge in [0.1, 0.15) is 6.61 Å². The van der Waals surface area contributed by atoms with Crippen molar-refractivity contribution >= 4 is 5.97 Å². The van der Waals surface area contributed by atoms with Crippen LogP contribution >= 0.6 is 0 Å². The van der Waals surface area contributed by atoms with Crippen LogP contribution < -0.4 is 11.1 Å². The molecule has 14 heavy (non-hydrogen) atoms. The normalized spacial score (nSPS) is 12.2. The molecule has 0 saturated carbocycles. The van der Waals surface area contributed by atoms with Crippen LogP contribution in [0.2, 0.25) is 0 Å². The molecule has 5 heteroatoms. The molecule has 1 unspecified atom stereocenters. The van der Waals surface area contributed by atoms with Crippen molar-refractivity contribution < 1.29 is 14.6 Å². The number of hydrogen-bond acceptors (Lipinski definition) is 5. The van der Waals surface area contributed by atoms with E-state index < -0.39 is 5.97 Å². The van der Waals surface area contributed by atoms with Gasteiger partial charge in [-0.1, -0.05) is 6.58 Å². The summed E-state index contributed by atoms with van der Waals surface area (Å²) < 4.78 is 4.85. The lowest BCUT2D eigenvalue weighted by Crippen LogP contribution is -2.40. The number of carbonyl (C=O) groups excluding carboxylic acids is 1. The molecule has 4 N–H and O–H groups in total. The summed E-state index contributed by atoms with van der Waals surface area (Å²) in [7, 11) is 0. The van der Waals surface area contributed by atoms with Gasteiger partial charge in [0.05, 0.1) is 12.6 Å². The zero-order valence-electron chi connectivity index (χ0n) is 8.45. The van der Waals surface area contributed by atoms with E-state index in [0.29, 0.717) is 18.7 Å². The van der Waals surface area contributed by atoms with Crippen molar-refractivity contribution in [2.75, 3.05) is 26.3 Å². The fourth-order valence-corrected chi connectivity index (χ4v) is 0.763. The van der Waals surface area contributed by atoms with Crippen LogP contribution in [-0.2, 0) is 9.53 Å². The molecule has 0 aliphatic carbocycles. The first kappa shape index (κ1) is 13.1. The maximum absolute atomic E-state index is 11.0. The lowest BCUT2D eigenvalue weighted by Gasteiger charge is -2.15. The lowest BCUT2D eigenvalue weighted by molar-refractivity contribution is -0.139. The van der Waals surface area contributed by atoms with E-state index in [1.54, 1.807) is 6.92 Å². The number of ether oxygens (including phenoxy) is 1. The summed E-state index contributed by atoms with van der Waals surface area (Å²) in [5.74, 6) is -0.446. The highest BCUT2D eigenvalue weighted by molar-refractivity contribution is 5.86. The molecule has 0 heterocycles. The van der Waals surface area contributed by atoms with Gasteiger partial charge in [-0.25, -0.2) is 4.79 Å². The number of aliphatic hydroxyl groups is 1. The predicted molar refractivity (Wildman–Crippen MR) is 53.7 cm³/mol. The Kier molecular flexibility index (Phi) is 7.00. The van der Waals surface area contributed by atoms with E-state index in [1.807, 2.05) is 0 Å². The molecule has 0 amide bonds. The fourth-order valence-electron chi connectivity index (χ4n) is 0.763. The second-order valence-electron chi connectivity index (χ2n) is 3.00. The minimum Gasteiger partial charge on any atom is -0.461 e. The van der Waals surface area contributed by atoms with E-state index in [4.69, 9.17) is 15.6 Å². The van der Waals surface area contributed by atoms with Crippen LogP contribution in [0.15, 0.2) is 12.2 Å². The molecule has 5 nitrogen and oxygen atoms in total. The van der Waals surface area contributed by atoms with Crippen molar-refractivity contribution in [1.82, 2.24) is 5.32 Å². The Balaban J connectivity index is 3.71. The van der Waals surface area contributed by atoms with Gasteiger partial charge in [0.2, 0.25) is 0 Å². The maximum Gasteiger partial charge on any atom is 0.333 e. The van der Waals surface area contributed by atoms with Gasteiger partial charge in [0.15, 0.2) is 0 Å². The highest BCUT2D eigenvalue weighted by Crippen LogP contribution is 1.93. The summed E-state index contributed by atoms with van der Waals surface area (Å²) in [5, 5.41) is 11.8. The number of carbonyl (C=O) groups is 1. The lowest BCUT2D eigenvalue weighted by atomic mass is 10.3. The van der Waals surface area contributed by atoms with Crippen LogP contribution in [0.25, 0.3) is 0 Å². The molecule has 0 aromatic heterocycles. The average Bonchev–Trinajstić information content (AvgIpc) is 2.17. The summed E-state index contributed by atoms with van der Waals surface area (Å²) in [6.07, 6.45) is 0. The molecule has 0 aliphatic rings. The molecule has 0 radical (unpaired) electrons. The predicted octanol–water partition coefficient (Wildman–Crippen LogP) is -0.985. The standard InChI is InChI=1S/C9H18N2O3/c1-7(2)9(13)14-6-8(5-12)11-4-3-10/h8,11-12H,1,3-6,10H2,2H3. The molecular formula is C9H18N2O3. The number of nitrogens with one attached hydrogen (secondary N) is 1. The molecule has 0 spiro atoms. The smallest absolute Gasteiger partial charge is 0.333 e. The van der Waals surface area contributed by atoms with Gasteiger partial charge in [-0.15, -0.1) is 0 Å². The first-order valence-corrected chi connectivity index (χ1v) is 4.48. The zero-order chi connectivity index (χ0) is 11.0. The minimum atomic E-state index is -0.446.